The molecule has 1 aliphatic heterocycles. The molecule has 2 atom stereocenters. The van der Waals surface area contributed by atoms with Crippen molar-refractivity contribution in [1.29, 1.82) is 0 Å². The van der Waals surface area contributed by atoms with Gasteiger partial charge in [0.15, 0.2) is 0 Å². The molecule has 21 heavy (non-hydrogen) atoms. The summed E-state index contributed by atoms with van der Waals surface area (Å²) in [6, 6.07) is 1.45. The molecule has 1 fully saturated rings. The van der Waals surface area contributed by atoms with Gasteiger partial charge in [-0.3, -0.25) is 9.59 Å². The van der Waals surface area contributed by atoms with E-state index in [1.165, 1.54) is 0 Å². The van der Waals surface area contributed by atoms with Gasteiger partial charge in [-0.05, 0) is 31.0 Å². The van der Waals surface area contributed by atoms with E-state index in [1.807, 2.05) is 6.92 Å². The molecule has 2 rings (SSSR count). The quantitative estimate of drug-likeness (QED) is 0.766. The lowest BCUT2D eigenvalue weighted by molar-refractivity contribution is -0.141. The van der Waals surface area contributed by atoms with Crippen molar-refractivity contribution in [3.8, 4) is 0 Å². The zero-order valence-corrected chi connectivity index (χ0v) is 11.4. The van der Waals surface area contributed by atoms with Crippen LogP contribution in [0.15, 0.2) is 16.9 Å². The van der Waals surface area contributed by atoms with E-state index < -0.39 is 23.3 Å². The van der Waals surface area contributed by atoms with Gasteiger partial charge in [-0.15, -0.1) is 0 Å². The van der Waals surface area contributed by atoms with Gasteiger partial charge in [-0.1, -0.05) is 6.92 Å². The Morgan fingerprint density at radius 1 is 1.38 bits per heavy atom. The SMILES string of the molecule is CC1CCNCC1NC(=O)c1ccc(C(F)(F)F)[nH]c1=O. The monoisotopic (exact) mass is 303 g/mol. The van der Waals surface area contributed by atoms with Crippen molar-refractivity contribution in [3.05, 3.63) is 33.7 Å². The number of carbonyl (C=O) groups excluding carboxylic acids is 1. The third-order valence-electron chi connectivity index (χ3n) is 3.60. The first-order valence-electron chi connectivity index (χ1n) is 6.61. The molecule has 1 aromatic rings. The van der Waals surface area contributed by atoms with Gasteiger partial charge in [-0.25, -0.2) is 0 Å². The fourth-order valence-corrected chi connectivity index (χ4v) is 2.25. The van der Waals surface area contributed by atoms with Crippen LogP contribution in [0.5, 0.6) is 0 Å². The van der Waals surface area contributed by atoms with Gasteiger partial charge in [0.1, 0.15) is 11.3 Å². The number of H-pyrrole nitrogens is 1. The average molecular weight is 303 g/mol. The van der Waals surface area contributed by atoms with Crippen molar-refractivity contribution in [2.45, 2.75) is 25.6 Å². The molecule has 0 radical (unpaired) electrons. The molecule has 8 heteroatoms. The molecular formula is C13H16F3N3O2. The summed E-state index contributed by atoms with van der Waals surface area (Å²) in [5.74, 6) is -0.422. The van der Waals surface area contributed by atoms with Crippen LogP contribution in [0, 0.1) is 5.92 Å². The number of piperidine rings is 1. The Kier molecular flexibility index (Phi) is 4.36. The summed E-state index contributed by atoms with van der Waals surface area (Å²) in [6.07, 6.45) is -3.76. The molecule has 2 unspecified atom stereocenters. The number of hydrogen-bond acceptors (Lipinski definition) is 3. The Bertz CT molecular complexity index is 583. The summed E-state index contributed by atoms with van der Waals surface area (Å²) in [6.45, 7) is 3.41. The highest BCUT2D eigenvalue weighted by atomic mass is 19.4. The largest absolute Gasteiger partial charge is 0.431 e. The highest BCUT2D eigenvalue weighted by Crippen LogP contribution is 2.26. The highest BCUT2D eigenvalue weighted by Gasteiger charge is 2.32. The molecule has 0 bridgehead atoms. The molecule has 0 saturated carbocycles. The Labute approximate surface area is 118 Å². The summed E-state index contributed by atoms with van der Waals surface area (Å²) in [4.78, 5) is 25.3. The van der Waals surface area contributed by atoms with Crippen LogP contribution in [0.2, 0.25) is 0 Å². The topological polar surface area (TPSA) is 74.0 Å². The Morgan fingerprint density at radius 2 is 2.10 bits per heavy atom. The first kappa shape index (κ1) is 15.6. The number of alkyl halides is 3. The number of halogens is 3. The lowest BCUT2D eigenvalue weighted by Gasteiger charge is -2.30. The number of nitrogens with one attached hydrogen (secondary N) is 3. The van der Waals surface area contributed by atoms with Crippen molar-refractivity contribution in [1.82, 2.24) is 15.6 Å². The Hall–Kier alpha value is -1.83. The van der Waals surface area contributed by atoms with Crippen molar-refractivity contribution in [2.75, 3.05) is 13.1 Å². The standard InChI is InChI=1S/C13H16F3N3O2/c1-7-4-5-17-6-9(7)18-11(20)8-2-3-10(13(14,15)16)19-12(8)21/h2-3,7,9,17H,4-6H2,1H3,(H,18,20)(H,19,21). The van der Waals surface area contributed by atoms with Gasteiger partial charge < -0.3 is 15.6 Å². The Balaban J connectivity index is 2.14. The maximum Gasteiger partial charge on any atom is 0.431 e. The van der Waals surface area contributed by atoms with Gasteiger partial charge in [0.25, 0.3) is 11.5 Å². The molecule has 1 aliphatic rings. The van der Waals surface area contributed by atoms with E-state index in [4.69, 9.17) is 0 Å². The van der Waals surface area contributed by atoms with E-state index >= 15 is 0 Å². The summed E-state index contributed by atoms with van der Waals surface area (Å²) in [7, 11) is 0. The van der Waals surface area contributed by atoms with Crippen molar-refractivity contribution in [3.63, 3.8) is 0 Å². The summed E-state index contributed by atoms with van der Waals surface area (Å²) in [5.41, 5.74) is -2.53. The number of carbonyl (C=O) groups is 1. The molecular weight excluding hydrogens is 287 g/mol. The van der Waals surface area contributed by atoms with Crippen LogP contribution >= 0.6 is 0 Å². The third kappa shape index (κ3) is 3.63. The lowest BCUT2D eigenvalue weighted by Crippen LogP contribution is -2.50. The van der Waals surface area contributed by atoms with E-state index in [0.29, 0.717) is 12.6 Å². The van der Waals surface area contributed by atoms with Crippen LogP contribution in [0.1, 0.15) is 29.4 Å². The Morgan fingerprint density at radius 3 is 2.67 bits per heavy atom. The van der Waals surface area contributed by atoms with Crippen molar-refractivity contribution < 1.29 is 18.0 Å². The van der Waals surface area contributed by atoms with E-state index in [-0.39, 0.29) is 17.5 Å². The zero-order chi connectivity index (χ0) is 15.6. The van der Waals surface area contributed by atoms with Crippen LogP contribution < -0.4 is 16.2 Å². The fraction of sp³-hybridized carbons (Fsp3) is 0.538. The first-order chi connectivity index (χ1) is 9.79. The summed E-state index contributed by atoms with van der Waals surface area (Å²) in [5, 5.41) is 5.80. The predicted octanol–water partition coefficient (Wildman–Crippen LogP) is 1.12. The number of aromatic amines is 1. The van der Waals surface area contributed by atoms with Crippen LogP contribution in [-0.2, 0) is 6.18 Å². The molecule has 0 spiro atoms. The minimum atomic E-state index is -4.64. The zero-order valence-electron chi connectivity index (χ0n) is 11.4. The van der Waals surface area contributed by atoms with Crippen molar-refractivity contribution >= 4 is 5.91 Å². The molecule has 2 heterocycles. The molecule has 116 valence electrons. The molecule has 1 aromatic heterocycles. The van der Waals surface area contributed by atoms with Crippen LogP contribution in [-0.4, -0.2) is 30.0 Å². The number of amides is 1. The molecule has 1 saturated heterocycles. The molecule has 1 amide bonds. The van der Waals surface area contributed by atoms with Crippen LogP contribution in [0.4, 0.5) is 13.2 Å². The normalized spacial score (nSPS) is 22.9. The minimum absolute atomic E-state index is 0.145. The second-order valence-corrected chi connectivity index (χ2v) is 5.16. The van der Waals surface area contributed by atoms with E-state index in [0.717, 1.165) is 19.0 Å². The number of rotatable bonds is 2. The smallest absolute Gasteiger partial charge is 0.348 e. The highest BCUT2D eigenvalue weighted by molar-refractivity contribution is 5.94. The molecule has 3 N–H and O–H groups in total. The second-order valence-electron chi connectivity index (χ2n) is 5.16. The average Bonchev–Trinajstić information content (AvgIpc) is 2.40. The van der Waals surface area contributed by atoms with Gasteiger partial charge in [0.2, 0.25) is 0 Å². The summed E-state index contributed by atoms with van der Waals surface area (Å²) < 4.78 is 37.3. The second kappa shape index (κ2) is 5.88. The van der Waals surface area contributed by atoms with Gasteiger partial charge in [0, 0.05) is 12.6 Å². The number of aromatic nitrogens is 1. The lowest BCUT2D eigenvalue weighted by atomic mass is 9.94. The maximum atomic E-state index is 12.4. The summed E-state index contributed by atoms with van der Waals surface area (Å²) >= 11 is 0. The molecule has 0 aromatic carbocycles. The number of pyridine rings is 1. The maximum absolute atomic E-state index is 12.4. The minimum Gasteiger partial charge on any atom is -0.348 e. The number of hydrogen-bond donors (Lipinski definition) is 3. The van der Waals surface area contributed by atoms with Crippen LogP contribution in [0.3, 0.4) is 0 Å². The van der Waals surface area contributed by atoms with Gasteiger partial charge in [-0.2, -0.15) is 13.2 Å². The van der Waals surface area contributed by atoms with E-state index in [9.17, 15) is 22.8 Å². The predicted molar refractivity (Wildman–Crippen MR) is 70.0 cm³/mol. The molecule has 0 aliphatic carbocycles. The van der Waals surface area contributed by atoms with Gasteiger partial charge in [0.05, 0.1) is 0 Å². The van der Waals surface area contributed by atoms with E-state index in [2.05, 4.69) is 10.6 Å². The van der Waals surface area contributed by atoms with Crippen molar-refractivity contribution in [2.24, 2.45) is 5.92 Å². The van der Waals surface area contributed by atoms with Gasteiger partial charge >= 0.3 is 6.18 Å². The first-order valence-corrected chi connectivity index (χ1v) is 6.61. The van der Waals surface area contributed by atoms with E-state index in [1.54, 1.807) is 4.98 Å². The molecule has 5 nitrogen and oxygen atoms in total. The third-order valence-corrected chi connectivity index (χ3v) is 3.60. The fourth-order valence-electron chi connectivity index (χ4n) is 2.25. The van der Waals surface area contributed by atoms with Crippen LogP contribution in [0.25, 0.3) is 0 Å².